The monoisotopic (exact) mass is 425 g/mol. The lowest BCUT2D eigenvalue weighted by Crippen LogP contribution is -2.48. The summed E-state index contributed by atoms with van der Waals surface area (Å²) < 4.78 is 11.1. The minimum atomic E-state index is -0.758. The number of rotatable bonds is 7. The number of nitrogens with one attached hydrogen (secondary N) is 1. The van der Waals surface area contributed by atoms with Gasteiger partial charge in [-0.1, -0.05) is 42.5 Å². The molecule has 1 N–H and O–H groups in total. The van der Waals surface area contributed by atoms with Crippen molar-refractivity contribution in [2.24, 2.45) is 11.8 Å². The average molecular weight is 426 g/mol. The fourth-order valence-electron chi connectivity index (χ4n) is 4.27. The number of benzene rings is 1. The highest BCUT2D eigenvalue weighted by Crippen LogP contribution is 2.45. The standard InChI is InChI=1S/C25H31NO5/c1-15(21(26-5)24(29)31-25(2,3)4)30-23(28)20-14-12-17-18(20)11-13-19(17)22(27)16-9-7-6-8-10-16/h6-11,13,15,17,20-21,26H,12,14H2,1-5H3/t15-,17?,20?,21?/m1/s1. The number of esters is 2. The quantitative estimate of drug-likeness (QED) is 0.531. The summed E-state index contributed by atoms with van der Waals surface area (Å²) in [5.41, 5.74) is 1.68. The van der Waals surface area contributed by atoms with E-state index in [1.807, 2.05) is 30.4 Å². The van der Waals surface area contributed by atoms with Crippen LogP contribution in [0.25, 0.3) is 0 Å². The largest absolute Gasteiger partial charge is 0.460 e. The van der Waals surface area contributed by atoms with Gasteiger partial charge in [0.05, 0.1) is 5.92 Å². The number of allylic oxidation sites excluding steroid dienone is 3. The fraction of sp³-hybridized carbons (Fsp3) is 0.480. The molecule has 1 saturated carbocycles. The Labute approximate surface area is 183 Å². The van der Waals surface area contributed by atoms with Gasteiger partial charge in [0.15, 0.2) is 5.78 Å². The summed E-state index contributed by atoms with van der Waals surface area (Å²) in [6.45, 7) is 7.06. The molecule has 3 rings (SSSR count). The Morgan fingerprint density at radius 3 is 2.35 bits per heavy atom. The SMILES string of the molecule is CNC(C(=O)OC(C)(C)C)[C@@H](C)OC(=O)C1CCC2C(C(=O)c3ccccc3)=CC=C12. The van der Waals surface area contributed by atoms with Crippen molar-refractivity contribution in [1.82, 2.24) is 5.32 Å². The molecule has 0 spiro atoms. The Morgan fingerprint density at radius 2 is 1.74 bits per heavy atom. The minimum absolute atomic E-state index is 0.000548. The predicted molar refractivity (Wildman–Crippen MR) is 117 cm³/mol. The van der Waals surface area contributed by atoms with Crippen molar-refractivity contribution in [1.29, 1.82) is 0 Å². The van der Waals surface area contributed by atoms with Crippen LogP contribution in [-0.4, -0.2) is 42.5 Å². The summed E-state index contributed by atoms with van der Waals surface area (Å²) in [5, 5.41) is 2.89. The summed E-state index contributed by atoms with van der Waals surface area (Å²) in [5.74, 6) is -1.28. The number of ketones is 1. The van der Waals surface area contributed by atoms with E-state index in [-0.39, 0.29) is 17.7 Å². The molecule has 3 unspecified atom stereocenters. The second kappa shape index (κ2) is 9.18. The molecule has 4 atom stereocenters. The lowest BCUT2D eigenvalue weighted by atomic mass is 9.90. The minimum Gasteiger partial charge on any atom is -0.460 e. The predicted octanol–water partition coefficient (Wildman–Crippen LogP) is 3.62. The number of carbonyl (C=O) groups is 3. The maximum atomic E-state index is 12.9. The van der Waals surface area contributed by atoms with Crippen molar-refractivity contribution in [2.75, 3.05) is 7.05 Å². The van der Waals surface area contributed by atoms with Crippen LogP contribution in [0.5, 0.6) is 0 Å². The van der Waals surface area contributed by atoms with Crippen molar-refractivity contribution < 1.29 is 23.9 Å². The van der Waals surface area contributed by atoms with E-state index in [1.165, 1.54) is 0 Å². The molecule has 0 amide bonds. The van der Waals surface area contributed by atoms with Gasteiger partial charge in [0, 0.05) is 17.1 Å². The molecule has 0 heterocycles. The Balaban J connectivity index is 1.63. The number of Topliss-reactive ketones (excluding diaryl/α,β-unsaturated/α-hetero) is 1. The van der Waals surface area contributed by atoms with Crippen molar-refractivity contribution in [3.05, 3.63) is 59.2 Å². The summed E-state index contributed by atoms with van der Waals surface area (Å²) in [4.78, 5) is 38.2. The maximum absolute atomic E-state index is 12.9. The van der Waals surface area contributed by atoms with Crippen LogP contribution in [0.2, 0.25) is 0 Å². The molecule has 0 aromatic heterocycles. The van der Waals surface area contributed by atoms with Gasteiger partial charge in [0.2, 0.25) is 0 Å². The third-order valence-electron chi connectivity index (χ3n) is 5.71. The molecule has 1 aromatic carbocycles. The van der Waals surface area contributed by atoms with Crippen molar-refractivity contribution in [3.8, 4) is 0 Å². The van der Waals surface area contributed by atoms with Crippen LogP contribution in [-0.2, 0) is 19.1 Å². The number of hydrogen-bond donors (Lipinski definition) is 1. The third-order valence-corrected chi connectivity index (χ3v) is 5.71. The first-order valence-electron chi connectivity index (χ1n) is 10.7. The molecule has 6 nitrogen and oxygen atoms in total. The van der Waals surface area contributed by atoms with Gasteiger partial charge in [-0.15, -0.1) is 0 Å². The number of ether oxygens (including phenoxy) is 2. The van der Waals surface area contributed by atoms with Crippen molar-refractivity contribution in [2.45, 2.75) is 58.3 Å². The smallest absolute Gasteiger partial charge is 0.327 e. The molecule has 166 valence electrons. The number of carbonyl (C=O) groups excluding carboxylic acids is 3. The van der Waals surface area contributed by atoms with Crippen LogP contribution >= 0.6 is 0 Å². The number of fused-ring (bicyclic) bond motifs is 1. The summed E-state index contributed by atoms with van der Waals surface area (Å²) in [6.07, 6.45) is 4.37. The van der Waals surface area contributed by atoms with E-state index in [1.54, 1.807) is 46.9 Å². The highest BCUT2D eigenvalue weighted by atomic mass is 16.6. The van der Waals surface area contributed by atoms with Crippen LogP contribution < -0.4 is 5.32 Å². The van der Waals surface area contributed by atoms with Crippen LogP contribution in [0.1, 0.15) is 50.9 Å². The zero-order valence-electron chi connectivity index (χ0n) is 18.8. The summed E-state index contributed by atoms with van der Waals surface area (Å²) in [6, 6.07) is 8.41. The van der Waals surface area contributed by atoms with Crippen LogP contribution in [0.15, 0.2) is 53.6 Å². The number of hydrogen-bond acceptors (Lipinski definition) is 6. The van der Waals surface area contributed by atoms with Gasteiger partial charge in [-0.2, -0.15) is 0 Å². The Morgan fingerprint density at radius 1 is 1.06 bits per heavy atom. The Hall–Kier alpha value is -2.73. The lowest BCUT2D eigenvalue weighted by molar-refractivity contribution is -0.165. The van der Waals surface area contributed by atoms with Crippen molar-refractivity contribution >= 4 is 17.7 Å². The molecule has 0 aliphatic heterocycles. The molecule has 6 heteroatoms. The normalized spacial score (nSPS) is 22.1. The van der Waals surface area contributed by atoms with E-state index >= 15 is 0 Å². The van der Waals surface area contributed by atoms with Gasteiger partial charge >= 0.3 is 11.9 Å². The first-order chi connectivity index (χ1) is 14.6. The topological polar surface area (TPSA) is 81.7 Å². The lowest BCUT2D eigenvalue weighted by Gasteiger charge is -2.27. The summed E-state index contributed by atoms with van der Waals surface area (Å²) in [7, 11) is 1.63. The van der Waals surface area contributed by atoms with E-state index in [4.69, 9.17) is 9.47 Å². The summed E-state index contributed by atoms with van der Waals surface area (Å²) >= 11 is 0. The number of likely N-dealkylation sites (N-methyl/N-ethyl adjacent to an activating group) is 1. The fourth-order valence-corrected chi connectivity index (χ4v) is 4.27. The second-order valence-corrected chi connectivity index (χ2v) is 9.11. The van der Waals surface area contributed by atoms with Crippen LogP contribution in [0.3, 0.4) is 0 Å². The highest BCUT2D eigenvalue weighted by molar-refractivity contribution is 6.10. The maximum Gasteiger partial charge on any atom is 0.327 e. The Kier molecular flexibility index (Phi) is 6.80. The van der Waals surface area contributed by atoms with Crippen molar-refractivity contribution in [3.63, 3.8) is 0 Å². The van der Waals surface area contributed by atoms with E-state index < -0.39 is 29.6 Å². The Bertz CT molecular complexity index is 910. The molecule has 31 heavy (non-hydrogen) atoms. The van der Waals surface area contributed by atoms with Gasteiger partial charge in [0.25, 0.3) is 0 Å². The van der Waals surface area contributed by atoms with Gasteiger partial charge in [-0.05, 0) is 53.2 Å². The van der Waals surface area contributed by atoms with Gasteiger partial charge in [-0.3, -0.25) is 14.4 Å². The molecule has 0 bridgehead atoms. The van der Waals surface area contributed by atoms with E-state index in [0.717, 1.165) is 17.6 Å². The van der Waals surface area contributed by atoms with Gasteiger partial charge in [0.1, 0.15) is 17.7 Å². The first-order valence-corrected chi connectivity index (χ1v) is 10.7. The zero-order chi connectivity index (χ0) is 22.8. The second-order valence-electron chi connectivity index (χ2n) is 9.11. The molecule has 1 aromatic rings. The highest BCUT2D eigenvalue weighted by Gasteiger charge is 2.42. The average Bonchev–Trinajstić information content (AvgIpc) is 3.29. The molecular weight excluding hydrogens is 394 g/mol. The zero-order valence-corrected chi connectivity index (χ0v) is 18.8. The molecule has 0 saturated heterocycles. The molecule has 2 aliphatic rings. The third kappa shape index (κ3) is 5.13. The van der Waals surface area contributed by atoms with E-state index in [9.17, 15) is 14.4 Å². The molecular formula is C25H31NO5. The van der Waals surface area contributed by atoms with Gasteiger partial charge in [-0.25, -0.2) is 0 Å². The van der Waals surface area contributed by atoms with Crippen LogP contribution in [0, 0.1) is 11.8 Å². The van der Waals surface area contributed by atoms with E-state index in [2.05, 4.69) is 5.32 Å². The molecule has 1 fully saturated rings. The molecule has 2 aliphatic carbocycles. The first kappa shape index (κ1) is 22.9. The molecule has 0 radical (unpaired) electrons. The van der Waals surface area contributed by atoms with E-state index in [0.29, 0.717) is 12.0 Å². The van der Waals surface area contributed by atoms with Crippen LogP contribution in [0.4, 0.5) is 0 Å². The van der Waals surface area contributed by atoms with Gasteiger partial charge < -0.3 is 14.8 Å².